The van der Waals surface area contributed by atoms with E-state index >= 15 is 0 Å². The summed E-state index contributed by atoms with van der Waals surface area (Å²) in [7, 11) is 0. The SMILES string of the molecule is CCN1CCCC1CNCCCNC(=O)OC(C)(C)C. The minimum atomic E-state index is -0.422. The molecule has 1 fully saturated rings. The van der Waals surface area contributed by atoms with E-state index in [1.165, 1.54) is 19.4 Å². The minimum Gasteiger partial charge on any atom is -0.444 e. The smallest absolute Gasteiger partial charge is 0.407 e. The Bertz CT molecular complexity index is 289. The fourth-order valence-corrected chi connectivity index (χ4v) is 2.53. The average Bonchev–Trinajstić information content (AvgIpc) is 2.78. The molecular formula is C15H31N3O2. The Balaban J connectivity index is 1.98. The molecule has 0 spiro atoms. The first kappa shape index (κ1) is 17.2. The van der Waals surface area contributed by atoms with Gasteiger partial charge in [-0.3, -0.25) is 4.90 Å². The highest BCUT2D eigenvalue weighted by Crippen LogP contribution is 2.15. The first-order valence-corrected chi connectivity index (χ1v) is 7.84. The summed E-state index contributed by atoms with van der Waals surface area (Å²) >= 11 is 0. The molecule has 0 aromatic carbocycles. The maximum atomic E-state index is 11.4. The van der Waals surface area contributed by atoms with Crippen LogP contribution in [0.15, 0.2) is 0 Å². The molecule has 0 radical (unpaired) electrons. The third-order valence-corrected chi connectivity index (χ3v) is 3.48. The van der Waals surface area contributed by atoms with E-state index in [1.54, 1.807) is 0 Å². The van der Waals surface area contributed by atoms with Crippen molar-refractivity contribution in [2.24, 2.45) is 0 Å². The van der Waals surface area contributed by atoms with E-state index in [2.05, 4.69) is 22.5 Å². The molecule has 5 heteroatoms. The molecule has 5 nitrogen and oxygen atoms in total. The molecule has 1 heterocycles. The predicted molar refractivity (Wildman–Crippen MR) is 82.0 cm³/mol. The van der Waals surface area contributed by atoms with Crippen molar-refractivity contribution in [1.82, 2.24) is 15.5 Å². The molecule has 2 N–H and O–H groups in total. The molecule has 1 amide bonds. The van der Waals surface area contributed by atoms with Crippen LogP contribution >= 0.6 is 0 Å². The monoisotopic (exact) mass is 285 g/mol. The van der Waals surface area contributed by atoms with Crippen LogP contribution in [-0.4, -0.2) is 55.4 Å². The molecule has 0 aromatic heterocycles. The fourth-order valence-electron chi connectivity index (χ4n) is 2.53. The quantitative estimate of drug-likeness (QED) is 0.702. The van der Waals surface area contributed by atoms with E-state index in [1.807, 2.05) is 20.8 Å². The van der Waals surface area contributed by atoms with Gasteiger partial charge in [0.1, 0.15) is 5.60 Å². The Morgan fingerprint density at radius 3 is 2.75 bits per heavy atom. The molecule has 20 heavy (non-hydrogen) atoms. The highest BCUT2D eigenvalue weighted by Gasteiger charge is 2.21. The number of hydrogen-bond acceptors (Lipinski definition) is 4. The number of alkyl carbamates (subject to hydrolysis) is 1. The van der Waals surface area contributed by atoms with Gasteiger partial charge in [-0.05, 0) is 59.7 Å². The normalized spacial score (nSPS) is 20.1. The van der Waals surface area contributed by atoms with Gasteiger partial charge in [-0.2, -0.15) is 0 Å². The highest BCUT2D eigenvalue weighted by atomic mass is 16.6. The number of rotatable bonds is 7. The van der Waals surface area contributed by atoms with Gasteiger partial charge in [0.15, 0.2) is 0 Å². The standard InChI is InChI=1S/C15H31N3O2/c1-5-18-11-6-8-13(18)12-16-9-7-10-17-14(19)20-15(2,3)4/h13,16H,5-12H2,1-4H3,(H,17,19). The first-order valence-electron chi connectivity index (χ1n) is 7.84. The summed E-state index contributed by atoms with van der Waals surface area (Å²) in [5.74, 6) is 0. The molecule has 0 saturated carbocycles. The lowest BCUT2D eigenvalue weighted by molar-refractivity contribution is 0.0527. The second-order valence-electron chi connectivity index (χ2n) is 6.41. The van der Waals surface area contributed by atoms with E-state index in [0.29, 0.717) is 12.6 Å². The zero-order valence-electron chi connectivity index (χ0n) is 13.5. The van der Waals surface area contributed by atoms with Gasteiger partial charge in [-0.1, -0.05) is 6.92 Å². The molecule has 1 rings (SSSR count). The van der Waals surface area contributed by atoms with Crippen LogP contribution in [0.3, 0.4) is 0 Å². The average molecular weight is 285 g/mol. The van der Waals surface area contributed by atoms with Crippen molar-refractivity contribution in [1.29, 1.82) is 0 Å². The third-order valence-electron chi connectivity index (χ3n) is 3.48. The van der Waals surface area contributed by atoms with Gasteiger partial charge < -0.3 is 15.4 Å². The van der Waals surface area contributed by atoms with Gasteiger partial charge in [0.25, 0.3) is 0 Å². The molecule has 0 aromatic rings. The topological polar surface area (TPSA) is 53.6 Å². The number of likely N-dealkylation sites (tertiary alicyclic amines) is 1. The van der Waals surface area contributed by atoms with Crippen molar-refractivity contribution in [2.75, 3.05) is 32.7 Å². The molecule has 0 bridgehead atoms. The third kappa shape index (κ3) is 7.10. The summed E-state index contributed by atoms with van der Waals surface area (Å²) in [6.45, 7) is 12.9. The molecule has 1 atom stereocenters. The van der Waals surface area contributed by atoms with Gasteiger partial charge in [0.2, 0.25) is 0 Å². The van der Waals surface area contributed by atoms with Crippen LogP contribution in [0.4, 0.5) is 4.79 Å². The van der Waals surface area contributed by atoms with Gasteiger partial charge in [-0.25, -0.2) is 4.79 Å². The van der Waals surface area contributed by atoms with E-state index in [4.69, 9.17) is 4.74 Å². The summed E-state index contributed by atoms with van der Waals surface area (Å²) in [5, 5.41) is 6.26. The summed E-state index contributed by atoms with van der Waals surface area (Å²) < 4.78 is 5.18. The number of hydrogen-bond donors (Lipinski definition) is 2. The number of nitrogens with zero attached hydrogens (tertiary/aromatic N) is 1. The van der Waals surface area contributed by atoms with Gasteiger partial charge in [0, 0.05) is 19.1 Å². The van der Waals surface area contributed by atoms with Crippen molar-refractivity contribution >= 4 is 6.09 Å². The number of ether oxygens (including phenoxy) is 1. The van der Waals surface area contributed by atoms with Crippen LogP contribution in [0.5, 0.6) is 0 Å². The van der Waals surface area contributed by atoms with E-state index in [0.717, 1.165) is 26.1 Å². The Hall–Kier alpha value is -0.810. The summed E-state index contributed by atoms with van der Waals surface area (Å²) in [4.78, 5) is 14.0. The van der Waals surface area contributed by atoms with Crippen molar-refractivity contribution in [3.05, 3.63) is 0 Å². The Labute approximate surface area is 123 Å². The highest BCUT2D eigenvalue weighted by molar-refractivity contribution is 5.67. The number of likely N-dealkylation sites (N-methyl/N-ethyl adjacent to an activating group) is 1. The zero-order valence-corrected chi connectivity index (χ0v) is 13.5. The zero-order chi connectivity index (χ0) is 15.0. The minimum absolute atomic E-state index is 0.328. The van der Waals surface area contributed by atoms with Gasteiger partial charge in [-0.15, -0.1) is 0 Å². The van der Waals surface area contributed by atoms with Gasteiger partial charge in [0.05, 0.1) is 0 Å². The first-order chi connectivity index (χ1) is 9.42. The van der Waals surface area contributed by atoms with Crippen LogP contribution < -0.4 is 10.6 Å². The fraction of sp³-hybridized carbons (Fsp3) is 0.933. The molecular weight excluding hydrogens is 254 g/mol. The number of amides is 1. The molecule has 1 saturated heterocycles. The largest absolute Gasteiger partial charge is 0.444 e. The van der Waals surface area contributed by atoms with Crippen molar-refractivity contribution in [2.45, 2.75) is 58.6 Å². The molecule has 0 aliphatic carbocycles. The van der Waals surface area contributed by atoms with E-state index in [-0.39, 0.29) is 6.09 Å². The lowest BCUT2D eigenvalue weighted by Crippen LogP contribution is -2.39. The molecule has 1 unspecified atom stereocenters. The second kappa shape index (κ2) is 8.47. The summed E-state index contributed by atoms with van der Waals surface area (Å²) in [6.07, 6.45) is 3.22. The van der Waals surface area contributed by atoms with Crippen molar-refractivity contribution in [3.63, 3.8) is 0 Å². The van der Waals surface area contributed by atoms with Crippen molar-refractivity contribution in [3.8, 4) is 0 Å². The predicted octanol–water partition coefficient (Wildman–Crippen LogP) is 1.98. The van der Waals surface area contributed by atoms with Crippen LogP contribution in [-0.2, 0) is 4.74 Å². The van der Waals surface area contributed by atoms with Crippen LogP contribution in [0.2, 0.25) is 0 Å². The Kier molecular flexibility index (Phi) is 7.30. The van der Waals surface area contributed by atoms with Crippen LogP contribution in [0, 0.1) is 0 Å². The van der Waals surface area contributed by atoms with Gasteiger partial charge >= 0.3 is 6.09 Å². The maximum absolute atomic E-state index is 11.4. The van der Waals surface area contributed by atoms with Crippen molar-refractivity contribution < 1.29 is 9.53 Å². The summed E-state index contributed by atoms with van der Waals surface area (Å²) in [6, 6.07) is 0.693. The number of nitrogens with one attached hydrogen (secondary N) is 2. The maximum Gasteiger partial charge on any atom is 0.407 e. The Morgan fingerprint density at radius 2 is 2.10 bits per heavy atom. The lowest BCUT2D eigenvalue weighted by Gasteiger charge is -2.23. The number of carbonyl (C=O) groups is 1. The second-order valence-corrected chi connectivity index (χ2v) is 6.41. The molecule has 118 valence electrons. The van der Waals surface area contributed by atoms with Crippen LogP contribution in [0.25, 0.3) is 0 Å². The lowest BCUT2D eigenvalue weighted by atomic mass is 10.2. The molecule has 1 aliphatic heterocycles. The Morgan fingerprint density at radius 1 is 1.35 bits per heavy atom. The number of carbonyl (C=O) groups excluding carboxylic acids is 1. The van der Waals surface area contributed by atoms with Crippen LogP contribution in [0.1, 0.15) is 47.0 Å². The summed E-state index contributed by atoms with van der Waals surface area (Å²) in [5.41, 5.74) is -0.422. The van der Waals surface area contributed by atoms with E-state index in [9.17, 15) is 4.79 Å². The molecule has 1 aliphatic rings. The van der Waals surface area contributed by atoms with E-state index < -0.39 is 5.60 Å².